The Hall–Kier alpha value is -2.95. The van der Waals surface area contributed by atoms with Crippen LogP contribution in [0.5, 0.6) is 11.5 Å². The van der Waals surface area contributed by atoms with E-state index in [-0.39, 0.29) is 11.8 Å². The number of anilines is 1. The van der Waals surface area contributed by atoms with E-state index >= 15 is 0 Å². The Kier molecular flexibility index (Phi) is 4.43. The first-order valence-electron chi connectivity index (χ1n) is 9.98. The zero-order valence-electron chi connectivity index (χ0n) is 15.8. The van der Waals surface area contributed by atoms with Gasteiger partial charge in [-0.25, -0.2) is 0 Å². The molecule has 2 aromatic rings. The van der Waals surface area contributed by atoms with Gasteiger partial charge in [-0.05, 0) is 23.3 Å². The quantitative estimate of drug-likeness (QED) is 0.824. The molecule has 0 bridgehead atoms. The maximum absolute atomic E-state index is 12.9. The molecule has 144 valence electrons. The van der Waals surface area contributed by atoms with Gasteiger partial charge in [0.1, 0.15) is 13.2 Å². The Balaban J connectivity index is 1.22. The summed E-state index contributed by atoms with van der Waals surface area (Å²) in [6.45, 7) is 4.27. The van der Waals surface area contributed by atoms with Crippen molar-refractivity contribution in [3.8, 4) is 11.5 Å². The van der Waals surface area contributed by atoms with Crippen LogP contribution in [-0.2, 0) is 4.79 Å². The highest BCUT2D eigenvalue weighted by Gasteiger charge is 2.27. The summed E-state index contributed by atoms with van der Waals surface area (Å²) in [5, 5.41) is 0. The summed E-state index contributed by atoms with van der Waals surface area (Å²) in [5.74, 6) is 2.09. The van der Waals surface area contributed by atoms with Crippen molar-refractivity contribution < 1.29 is 14.3 Å². The molecule has 5 rings (SSSR count). The summed E-state index contributed by atoms with van der Waals surface area (Å²) in [7, 11) is 0. The van der Waals surface area contributed by atoms with Crippen LogP contribution in [0.25, 0.3) is 6.08 Å². The summed E-state index contributed by atoms with van der Waals surface area (Å²) in [6, 6.07) is 14.4. The fourth-order valence-electron chi connectivity index (χ4n) is 4.32. The van der Waals surface area contributed by atoms with Gasteiger partial charge in [0.25, 0.3) is 0 Å². The van der Waals surface area contributed by atoms with Crippen molar-refractivity contribution in [3.63, 3.8) is 0 Å². The van der Waals surface area contributed by atoms with Gasteiger partial charge in [-0.1, -0.05) is 42.5 Å². The fourth-order valence-corrected chi connectivity index (χ4v) is 4.32. The predicted molar refractivity (Wildman–Crippen MR) is 109 cm³/mol. The molecule has 2 heterocycles. The predicted octanol–water partition coefficient (Wildman–Crippen LogP) is 3.31. The molecule has 5 nitrogen and oxygen atoms in total. The maximum atomic E-state index is 12.9. The number of hydrogen-bond donors (Lipinski definition) is 0. The lowest BCUT2D eigenvalue weighted by atomic mass is 9.97. The number of hydrogen-bond acceptors (Lipinski definition) is 4. The molecule has 0 saturated carbocycles. The van der Waals surface area contributed by atoms with Crippen LogP contribution in [0.3, 0.4) is 0 Å². The average molecular weight is 376 g/mol. The van der Waals surface area contributed by atoms with Gasteiger partial charge in [-0.15, -0.1) is 0 Å². The van der Waals surface area contributed by atoms with Gasteiger partial charge in [0, 0.05) is 38.5 Å². The highest BCUT2D eigenvalue weighted by atomic mass is 16.6. The van der Waals surface area contributed by atoms with Crippen molar-refractivity contribution >= 4 is 17.7 Å². The highest BCUT2D eigenvalue weighted by Crippen LogP contribution is 2.40. The third-order valence-corrected chi connectivity index (χ3v) is 5.82. The molecule has 1 amide bonds. The van der Waals surface area contributed by atoms with Crippen molar-refractivity contribution in [2.24, 2.45) is 0 Å². The third kappa shape index (κ3) is 3.11. The molecular weight excluding hydrogens is 352 g/mol. The average Bonchev–Trinajstić information content (AvgIpc) is 3.16. The van der Waals surface area contributed by atoms with Crippen molar-refractivity contribution in [3.05, 3.63) is 59.7 Å². The lowest BCUT2D eigenvalue weighted by molar-refractivity contribution is -0.131. The topological polar surface area (TPSA) is 42.0 Å². The SMILES string of the molecule is O=C(CC1C=Cc2ccccc21)N1CCN(c2cccc3c2OCCO3)CC1. The largest absolute Gasteiger partial charge is 0.486 e. The second-order valence-corrected chi connectivity index (χ2v) is 7.47. The number of carbonyl (C=O) groups excluding carboxylic acids is 1. The van der Waals surface area contributed by atoms with Gasteiger partial charge in [-0.2, -0.15) is 0 Å². The van der Waals surface area contributed by atoms with E-state index in [9.17, 15) is 4.79 Å². The van der Waals surface area contributed by atoms with Crippen LogP contribution in [-0.4, -0.2) is 50.2 Å². The summed E-state index contributed by atoms with van der Waals surface area (Å²) < 4.78 is 11.5. The highest BCUT2D eigenvalue weighted by molar-refractivity contribution is 5.79. The Morgan fingerprint density at radius 3 is 2.68 bits per heavy atom. The van der Waals surface area contributed by atoms with E-state index in [1.807, 2.05) is 23.1 Å². The molecule has 0 N–H and O–H groups in total. The molecule has 2 aromatic carbocycles. The number of benzene rings is 2. The third-order valence-electron chi connectivity index (χ3n) is 5.82. The fraction of sp³-hybridized carbons (Fsp3) is 0.348. The summed E-state index contributed by atoms with van der Waals surface area (Å²) in [6.07, 6.45) is 4.84. The molecule has 1 atom stereocenters. The second kappa shape index (κ2) is 7.23. The first-order chi connectivity index (χ1) is 13.8. The number of para-hydroxylation sites is 1. The van der Waals surface area contributed by atoms with E-state index in [0.29, 0.717) is 19.6 Å². The smallest absolute Gasteiger partial charge is 0.223 e. The molecule has 3 aliphatic rings. The minimum atomic E-state index is 0.202. The number of amides is 1. The molecule has 1 fully saturated rings. The van der Waals surface area contributed by atoms with Crippen molar-refractivity contribution in [2.75, 3.05) is 44.3 Å². The Labute approximate surface area is 165 Å². The number of fused-ring (bicyclic) bond motifs is 2. The lowest BCUT2D eigenvalue weighted by Crippen LogP contribution is -2.49. The van der Waals surface area contributed by atoms with Gasteiger partial charge in [-0.3, -0.25) is 4.79 Å². The van der Waals surface area contributed by atoms with E-state index in [2.05, 4.69) is 41.3 Å². The number of nitrogens with zero attached hydrogens (tertiary/aromatic N) is 2. The first-order valence-corrected chi connectivity index (χ1v) is 9.98. The van der Waals surface area contributed by atoms with Crippen LogP contribution in [0.4, 0.5) is 5.69 Å². The van der Waals surface area contributed by atoms with E-state index in [1.165, 1.54) is 11.1 Å². The van der Waals surface area contributed by atoms with E-state index in [1.54, 1.807) is 0 Å². The minimum absolute atomic E-state index is 0.202. The van der Waals surface area contributed by atoms with E-state index in [4.69, 9.17) is 9.47 Å². The molecule has 1 aliphatic carbocycles. The number of rotatable bonds is 3. The summed E-state index contributed by atoms with van der Waals surface area (Å²) >= 11 is 0. The standard InChI is InChI=1S/C23H24N2O3/c26-22(16-18-9-8-17-4-1-2-5-19(17)18)25-12-10-24(11-13-25)20-6-3-7-21-23(20)28-15-14-27-21/h1-9,18H,10-16H2. The molecule has 0 spiro atoms. The Morgan fingerprint density at radius 2 is 1.79 bits per heavy atom. The number of ether oxygens (including phenoxy) is 2. The summed E-state index contributed by atoms with van der Waals surface area (Å²) in [5.41, 5.74) is 3.57. The van der Waals surface area contributed by atoms with Gasteiger partial charge < -0.3 is 19.3 Å². The van der Waals surface area contributed by atoms with Crippen LogP contribution in [0.15, 0.2) is 48.5 Å². The van der Waals surface area contributed by atoms with Crippen LogP contribution in [0.1, 0.15) is 23.5 Å². The monoisotopic (exact) mass is 376 g/mol. The molecule has 0 aromatic heterocycles. The molecular formula is C23H24N2O3. The van der Waals surface area contributed by atoms with Crippen LogP contribution in [0.2, 0.25) is 0 Å². The van der Waals surface area contributed by atoms with Crippen LogP contribution in [0, 0.1) is 0 Å². The first kappa shape index (κ1) is 17.2. The summed E-state index contributed by atoms with van der Waals surface area (Å²) in [4.78, 5) is 17.2. The molecule has 1 unspecified atom stereocenters. The van der Waals surface area contributed by atoms with Gasteiger partial charge in [0.05, 0.1) is 5.69 Å². The number of allylic oxidation sites excluding steroid dienone is 1. The zero-order chi connectivity index (χ0) is 18.9. The van der Waals surface area contributed by atoms with Crippen molar-refractivity contribution in [1.82, 2.24) is 4.90 Å². The Bertz CT molecular complexity index is 916. The number of piperazine rings is 1. The van der Waals surface area contributed by atoms with Crippen molar-refractivity contribution in [2.45, 2.75) is 12.3 Å². The van der Waals surface area contributed by atoms with Gasteiger partial charge >= 0.3 is 0 Å². The molecule has 0 radical (unpaired) electrons. The maximum Gasteiger partial charge on any atom is 0.223 e. The van der Waals surface area contributed by atoms with Crippen molar-refractivity contribution in [1.29, 1.82) is 0 Å². The second-order valence-electron chi connectivity index (χ2n) is 7.47. The molecule has 5 heteroatoms. The minimum Gasteiger partial charge on any atom is -0.486 e. The molecule has 28 heavy (non-hydrogen) atoms. The Morgan fingerprint density at radius 1 is 0.964 bits per heavy atom. The van der Waals surface area contributed by atoms with E-state index in [0.717, 1.165) is 43.4 Å². The lowest BCUT2D eigenvalue weighted by Gasteiger charge is -2.37. The van der Waals surface area contributed by atoms with Crippen LogP contribution < -0.4 is 14.4 Å². The van der Waals surface area contributed by atoms with Gasteiger partial charge in [0.15, 0.2) is 11.5 Å². The zero-order valence-corrected chi connectivity index (χ0v) is 15.8. The van der Waals surface area contributed by atoms with Crippen LogP contribution >= 0.6 is 0 Å². The van der Waals surface area contributed by atoms with Gasteiger partial charge in [0.2, 0.25) is 5.91 Å². The normalized spacial score (nSPS) is 20.2. The molecule has 1 saturated heterocycles. The molecule has 2 aliphatic heterocycles. The van der Waals surface area contributed by atoms with E-state index < -0.39 is 0 Å². The number of carbonyl (C=O) groups is 1.